The van der Waals surface area contributed by atoms with Gasteiger partial charge in [-0.25, -0.2) is 18.1 Å². The third kappa shape index (κ3) is 8.16. The predicted octanol–water partition coefficient (Wildman–Crippen LogP) is 5.83. The van der Waals surface area contributed by atoms with Crippen LogP contribution in [0.2, 0.25) is 0 Å². The van der Waals surface area contributed by atoms with Crippen LogP contribution >= 0.6 is 16.5 Å². The van der Waals surface area contributed by atoms with Crippen molar-refractivity contribution in [3.63, 3.8) is 0 Å². The third-order valence-electron chi connectivity index (χ3n) is 3.87. The molecule has 0 aliphatic heterocycles. The molecule has 2 atom stereocenters. The van der Waals surface area contributed by atoms with Crippen molar-refractivity contribution < 1.29 is 36.8 Å². The number of carbonyl (C=O) groups excluding carboxylic acids is 2. The van der Waals surface area contributed by atoms with Crippen molar-refractivity contribution in [1.29, 1.82) is 0 Å². The van der Waals surface area contributed by atoms with Gasteiger partial charge in [-0.05, 0) is 60.7 Å². The van der Waals surface area contributed by atoms with Crippen LogP contribution in [0.4, 0.5) is 11.4 Å². The van der Waals surface area contributed by atoms with Crippen molar-refractivity contribution >= 4 is 39.7 Å². The Labute approximate surface area is 197 Å². The zero-order valence-electron chi connectivity index (χ0n) is 18.1. The zero-order valence-corrected chi connectivity index (χ0v) is 19.9. The topological polar surface area (TPSA) is 129 Å². The van der Waals surface area contributed by atoms with E-state index in [1.807, 2.05) is 0 Å². The van der Waals surface area contributed by atoms with Crippen molar-refractivity contribution in [3.8, 4) is 23.0 Å². The largest absolute Gasteiger partial charge is 0.805 e. The molecule has 2 N–H and O–H groups in total. The SMILES string of the molecule is CC(=O)Nc1ccc(O[P+](=O)Oc2cccc(O[P+](=O)Oc3ccc(NC(C)=O)cc3)c2)cc1. The van der Waals surface area contributed by atoms with Crippen molar-refractivity contribution in [2.24, 2.45) is 0 Å². The van der Waals surface area contributed by atoms with E-state index in [0.29, 0.717) is 11.4 Å². The lowest BCUT2D eigenvalue weighted by atomic mass is 10.3. The maximum Gasteiger partial charge on any atom is 0.805 e. The van der Waals surface area contributed by atoms with Crippen LogP contribution in [-0.4, -0.2) is 11.8 Å². The van der Waals surface area contributed by atoms with Crippen LogP contribution in [0.5, 0.6) is 23.0 Å². The number of rotatable bonds is 10. The first-order valence-corrected chi connectivity index (χ1v) is 12.0. The summed E-state index contributed by atoms with van der Waals surface area (Å²) in [5, 5.41) is 5.22. The Bertz CT molecular complexity index is 1110. The summed E-state index contributed by atoms with van der Waals surface area (Å²) in [5.74, 6) is 0.467. The van der Waals surface area contributed by atoms with Crippen molar-refractivity contribution in [3.05, 3.63) is 72.8 Å². The lowest BCUT2D eigenvalue weighted by molar-refractivity contribution is -0.115. The van der Waals surface area contributed by atoms with Crippen LogP contribution in [0.25, 0.3) is 0 Å². The Balaban J connectivity index is 1.52. The molecule has 0 aliphatic rings. The summed E-state index contributed by atoms with van der Waals surface area (Å²) in [6.45, 7) is 2.78. The second-order valence-electron chi connectivity index (χ2n) is 6.70. The lowest BCUT2D eigenvalue weighted by Crippen LogP contribution is -2.05. The molecule has 0 radical (unpaired) electrons. The fraction of sp³-hybridized carbons (Fsp3) is 0.0909. The molecule has 0 aromatic heterocycles. The van der Waals surface area contributed by atoms with Crippen LogP contribution < -0.4 is 28.7 Å². The van der Waals surface area contributed by atoms with Gasteiger partial charge in [0.05, 0.1) is 0 Å². The average molecular weight is 502 g/mol. The minimum atomic E-state index is -2.57. The Hall–Kier alpha value is -4.00. The summed E-state index contributed by atoms with van der Waals surface area (Å²) >= 11 is 0. The van der Waals surface area contributed by atoms with Gasteiger partial charge in [-0.3, -0.25) is 9.59 Å². The van der Waals surface area contributed by atoms with Gasteiger partial charge in [0.25, 0.3) is 0 Å². The van der Waals surface area contributed by atoms with Gasteiger partial charge >= 0.3 is 16.5 Å². The summed E-state index contributed by atoms with van der Waals surface area (Å²) in [6, 6.07) is 18.5. The van der Waals surface area contributed by atoms with Crippen molar-refractivity contribution in [2.45, 2.75) is 13.8 Å². The zero-order chi connectivity index (χ0) is 24.5. The van der Waals surface area contributed by atoms with Crippen molar-refractivity contribution in [2.75, 3.05) is 10.6 Å². The molecule has 3 aromatic rings. The van der Waals surface area contributed by atoms with Gasteiger partial charge < -0.3 is 10.6 Å². The summed E-state index contributed by atoms with van der Waals surface area (Å²) in [7, 11) is -5.14. The van der Waals surface area contributed by atoms with Crippen LogP contribution in [-0.2, 0) is 18.7 Å². The molecule has 10 nitrogen and oxygen atoms in total. The quantitative estimate of drug-likeness (QED) is 0.331. The highest BCUT2D eigenvalue weighted by molar-refractivity contribution is 7.34. The van der Waals surface area contributed by atoms with Crippen LogP contribution in [0.3, 0.4) is 0 Å². The highest BCUT2D eigenvalue weighted by Gasteiger charge is 2.27. The molecule has 34 heavy (non-hydrogen) atoms. The van der Waals surface area contributed by atoms with E-state index in [4.69, 9.17) is 18.1 Å². The Kier molecular flexibility index (Phi) is 8.51. The van der Waals surface area contributed by atoms with Crippen LogP contribution in [0.15, 0.2) is 72.8 Å². The Morgan fingerprint density at radius 3 is 1.29 bits per heavy atom. The number of nitrogens with one attached hydrogen (secondary N) is 2. The fourth-order valence-corrected chi connectivity index (χ4v) is 3.81. The molecule has 0 aliphatic carbocycles. The van der Waals surface area contributed by atoms with E-state index in [9.17, 15) is 18.7 Å². The molecule has 174 valence electrons. The van der Waals surface area contributed by atoms with Gasteiger partial charge in [-0.2, -0.15) is 0 Å². The molecular formula is C22H20N2O8P2+2. The number of amides is 2. The number of benzene rings is 3. The molecule has 3 rings (SSSR count). The summed E-state index contributed by atoms with van der Waals surface area (Å²) in [4.78, 5) is 22.1. The second-order valence-corrected chi connectivity index (χ2v) is 8.32. The summed E-state index contributed by atoms with van der Waals surface area (Å²) < 4.78 is 45.4. The van der Waals surface area contributed by atoms with E-state index >= 15 is 0 Å². The van der Waals surface area contributed by atoms with Gasteiger partial charge in [-0.1, -0.05) is 6.07 Å². The van der Waals surface area contributed by atoms with E-state index < -0.39 is 16.5 Å². The normalized spacial score (nSPS) is 11.0. The Morgan fingerprint density at radius 2 is 0.941 bits per heavy atom. The summed E-state index contributed by atoms with van der Waals surface area (Å²) in [6.07, 6.45) is 0. The van der Waals surface area contributed by atoms with E-state index in [1.165, 1.54) is 56.3 Å². The molecule has 12 heteroatoms. The molecule has 0 heterocycles. The smallest absolute Gasteiger partial charge is 0.326 e. The standard InChI is InChI=1S/C22H18N2O8P2/c1-15(25)23-17-6-10-19(11-7-17)29-33(27)31-21-4-3-5-22(14-21)32-34(28)30-20-12-8-18(9-13-20)24-16(2)26/h3-14H,1-2H3/p+2. The van der Waals surface area contributed by atoms with E-state index in [1.54, 1.807) is 30.3 Å². The molecule has 0 saturated heterocycles. The first-order valence-electron chi connectivity index (χ1n) is 9.78. The monoisotopic (exact) mass is 502 g/mol. The number of anilines is 2. The van der Waals surface area contributed by atoms with E-state index in [-0.39, 0.29) is 34.8 Å². The highest BCUT2D eigenvalue weighted by atomic mass is 31.1. The second kappa shape index (κ2) is 11.7. The molecule has 3 aromatic carbocycles. The molecule has 0 fully saturated rings. The lowest BCUT2D eigenvalue weighted by Gasteiger charge is -2.01. The summed E-state index contributed by atoms with van der Waals surface area (Å²) in [5.41, 5.74) is 1.14. The third-order valence-corrected chi connectivity index (χ3v) is 5.31. The minimum absolute atomic E-state index is 0.163. The molecule has 0 spiro atoms. The number of carbonyl (C=O) groups is 2. The first-order chi connectivity index (χ1) is 16.3. The highest BCUT2D eigenvalue weighted by Crippen LogP contribution is 2.36. The fourth-order valence-electron chi connectivity index (χ4n) is 2.57. The Morgan fingerprint density at radius 1 is 0.588 bits per heavy atom. The van der Waals surface area contributed by atoms with Gasteiger partial charge in [0.2, 0.25) is 11.8 Å². The maximum absolute atomic E-state index is 12.2. The molecule has 2 amide bonds. The van der Waals surface area contributed by atoms with Gasteiger partial charge in [0, 0.05) is 40.4 Å². The molecule has 0 bridgehead atoms. The van der Waals surface area contributed by atoms with Gasteiger partial charge in [-0.15, -0.1) is 0 Å². The minimum Gasteiger partial charge on any atom is -0.326 e. The maximum atomic E-state index is 12.2. The van der Waals surface area contributed by atoms with Gasteiger partial charge in [0.15, 0.2) is 23.0 Å². The number of hydrogen-bond acceptors (Lipinski definition) is 8. The molecule has 0 saturated carbocycles. The van der Waals surface area contributed by atoms with Crippen LogP contribution in [0.1, 0.15) is 13.8 Å². The van der Waals surface area contributed by atoms with Gasteiger partial charge in [0.1, 0.15) is 0 Å². The number of hydrogen-bond donors (Lipinski definition) is 2. The van der Waals surface area contributed by atoms with Crippen LogP contribution in [0, 0.1) is 0 Å². The van der Waals surface area contributed by atoms with E-state index in [2.05, 4.69) is 10.6 Å². The molecular weight excluding hydrogens is 482 g/mol. The molecule has 2 unspecified atom stereocenters. The van der Waals surface area contributed by atoms with Crippen molar-refractivity contribution in [1.82, 2.24) is 0 Å². The average Bonchev–Trinajstić information content (AvgIpc) is 2.76. The van der Waals surface area contributed by atoms with E-state index in [0.717, 1.165) is 0 Å². The first kappa shape index (κ1) is 24.6. The predicted molar refractivity (Wildman–Crippen MR) is 126 cm³/mol.